The van der Waals surface area contributed by atoms with Crippen molar-refractivity contribution in [2.45, 2.75) is 33.5 Å². The lowest BCUT2D eigenvalue weighted by Gasteiger charge is -2.10. The average Bonchev–Trinajstić information content (AvgIpc) is 2.37. The van der Waals surface area contributed by atoms with Crippen LogP contribution in [0.25, 0.3) is 16.3 Å². The molecule has 0 aliphatic carbocycles. The van der Waals surface area contributed by atoms with E-state index in [4.69, 9.17) is 0 Å². The number of rotatable bonds is 1. The van der Waals surface area contributed by atoms with Gasteiger partial charge in [-0.3, -0.25) is 0 Å². The van der Waals surface area contributed by atoms with Gasteiger partial charge in [0.1, 0.15) is 8.07 Å². The predicted octanol–water partition coefficient (Wildman–Crippen LogP) is 5.51. The van der Waals surface area contributed by atoms with Gasteiger partial charge in [-0.25, -0.2) is 0 Å². The van der Waals surface area contributed by atoms with Gasteiger partial charge in [0.25, 0.3) is 0 Å². The molecule has 0 nitrogen and oxygen atoms in total. The summed E-state index contributed by atoms with van der Waals surface area (Å²) in [6.45, 7) is 11.1. The zero-order chi connectivity index (χ0) is 14.8. The van der Waals surface area contributed by atoms with Crippen LogP contribution in [0.2, 0.25) is 19.6 Å². The molecule has 20 heavy (non-hydrogen) atoms. The Balaban J connectivity index is 2.65. The summed E-state index contributed by atoms with van der Waals surface area (Å²) in [5.74, 6) is 3.46. The van der Waals surface area contributed by atoms with Crippen LogP contribution in [0.1, 0.15) is 19.4 Å². The van der Waals surface area contributed by atoms with Crippen LogP contribution in [0.15, 0.2) is 48.0 Å². The molecule has 102 valence electrons. The summed E-state index contributed by atoms with van der Waals surface area (Å²) >= 11 is 0. The van der Waals surface area contributed by atoms with E-state index in [2.05, 4.69) is 87.4 Å². The molecule has 0 aliphatic heterocycles. The van der Waals surface area contributed by atoms with Crippen LogP contribution < -0.4 is 0 Å². The normalized spacial score (nSPS) is 10.8. The minimum absolute atomic E-state index is 1.18. The molecular weight excluding hydrogens is 256 g/mol. The van der Waals surface area contributed by atoms with Crippen LogP contribution in [0.5, 0.6) is 0 Å². The Morgan fingerprint density at radius 2 is 1.55 bits per heavy atom. The molecule has 2 aromatic carbocycles. The Bertz CT molecular complexity index is 709. The second kappa shape index (κ2) is 5.69. The van der Waals surface area contributed by atoms with E-state index >= 15 is 0 Å². The number of hydrogen-bond acceptors (Lipinski definition) is 0. The maximum atomic E-state index is 3.50. The minimum Gasteiger partial charge on any atom is -0.127 e. The third-order valence-corrected chi connectivity index (χ3v) is 4.00. The first kappa shape index (κ1) is 14.6. The minimum atomic E-state index is -1.36. The molecule has 0 spiro atoms. The van der Waals surface area contributed by atoms with Crippen LogP contribution in [-0.2, 0) is 0 Å². The van der Waals surface area contributed by atoms with Gasteiger partial charge in [-0.15, -0.1) is 5.54 Å². The lowest BCUT2D eigenvalue weighted by Crippen LogP contribution is -2.16. The molecule has 1 heteroatoms. The van der Waals surface area contributed by atoms with Gasteiger partial charge in [-0.1, -0.05) is 73.6 Å². The first-order valence-electron chi connectivity index (χ1n) is 7.07. The van der Waals surface area contributed by atoms with Gasteiger partial charge in [0.05, 0.1) is 0 Å². The van der Waals surface area contributed by atoms with Gasteiger partial charge >= 0.3 is 0 Å². The van der Waals surface area contributed by atoms with Gasteiger partial charge in [0, 0.05) is 5.57 Å². The standard InChI is InChI=1S/C19H22Si/c1-15(2)17(13-14-20(3,4)5)19-12-8-10-16-9-6-7-11-18(16)19/h6-12H,1-5H3. The molecular formula is C19H22Si. The molecule has 2 aromatic rings. The molecule has 0 bridgehead atoms. The van der Waals surface area contributed by atoms with E-state index in [1.165, 1.54) is 27.5 Å². The molecule has 0 radical (unpaired) electrons. The Morgan fingerprint density at radius 3 is 2.20 bits per heavy atom. The van der Waals surface area contributed by atoms with Gasteiger partial charge in [-0.2, -0.15) is 0 Å². The number of allylic oxidation sites excluding steroid dienone is 2. The fourth-order valence-corrected chi connectivity index (χ4v) is 2.66. The number of fused-ring (bicyclic) bond motifs is 1. The van der Waals surface area contributed by atoms with Crippen molar-refractivity contribution in [2.24, 2.45) is 0 Å². The van der Waals surface area contributed by atoms with Crippen molar-refractivity contribution >= 4 is 24.4 Å². The summed E-state index contributed by atoms with van der Waals surface area (Å²) in [7, 11) is -1.36. The van der Waals surface area contributed by atoms with Crippen molar-refractivity contribution in [3.63, 3.8) is 0 Å². The van der Waals surface area contributed by atoms with Gasteiger partial charge < -0.3 is 0 Å². The highest BCUT2D eigenvalue weighted by atomic mass is 28.3. The van der Waals surface area contributed by atoms with E-state index < -0.39 is 8.07 Å². The summed E-state index contributed by atoms with van der Waals surface area (Å²) in [4.78, 5) is 0. The Kier molecular flexibility index (Phi) is 4.16. The lowest BCUT2D eigenvalue weighted by atomic mass is 9.96. The van der Waals surface area contributed by atoms with Crippen molar-refractivity contribution in [3.8, 4) is 11.5 Å². The summed E-state index contributed by atoms with van der Waals surface area (Å²) in [5.41, 5.74) is 7.22. The zero-order valence-corrected chi connectivity index (χ0v) is 14.0. The largest absolute Gasteiger partial charge is 0.129 e. The lowest BCUT2D eigenvalue weighted by molar-refractivity contribution is 1.40. The molecule has 0 aromatic heterocycles. The van der Waals surface area contributed by atoms with E-state index in [0.717, 1.165) is 0 Å². The molecule has 0 saturated heterocycles. The first-order chi connectivity index (χ1) is 9.38. The summed E-state index contributed by atoms with van der Waals surface area (Å²) in [5, 5.41) is 2.56. The van der Waals surface area contributed by atoms with Gasteiger partial charge in [0.15, 0.2) is 0 Å². The summed E-state index contributed by atoms with van der Waals surface area (Å²) in [6, 6.07) is 15.0. The molecule has 0 unspecified atom stereocenters. The molecule has 0 saturated carbocycles. The van der Waals surface area contributed by atoms with E-state index in [-0.39, 0.29) is 0 Å². The van der Waals surface area contributed by atoms with Crippen LogP contribution in [-0.4, -0.2) is 8.07 Å². The van der Waals surface area contributed by atoms with Crippen LogP contribution in [0, 0.1) is 11.5 Å². The van der Waals surface area contributed by atoms with E-state index in [1.807, 2.05) is 0 Å². The highest BCUT2D eigenvalue weighted by molar-refractivity contribution is 6.84. The number of hydrogen-bond donors (Lipinski definition) is 0. The highest BCUT2D eigenvalue weighted by Crippen LogP contribution is 2.27. The first-order valence-corrected chi connectivity index (χ1v) is 10.6. The third kappa shape index (κ3) is 3.40. The van der Waals surface area contributed by atoms with Crippen LogP contribution in [0.3, 0.4) is 0 Å². The zero-order valence-electron chi connectivity index (χ0n) is 13.0. The summed E-state index contributed by atoms with van der Waals surface area (Å²) < 4.78 is 0. The van der Waals surface area contributed by atoms with Gasteiger partial charge in [-0.05, 0) is 30.2 Å². The van der Waals surface area contributed by atoms with Crippen molar-refractivity contribution in [1.82, 2.24) is 0 Å². The predicted molar refractivity (Wildman–Crippen MR) is 93.3 cm³/mol. The topological polar surface area (TPSA) is 0 Å². The SMILES string of the molecule is CC(C)=C(C#C[Si](C)(C)C)c1cccc2ccccc12. The Morgan fingerprint density at radius 1 is 0.900 bits per heavy atom. The second-order valence-electron chi connectivity index (χ2n) is 6.40. The van der Waals surface area contributed by atoms with Crippen LogP contribution in [0.4, 0.5) is 0 Å². The molecule has 0 N–H and O–H groups in total. The van der Waals surface area contributed by atoms with Crippen molar-refractivity contribution in [2.75, 3.05) is 0 Å². The summed E-state index contributed by atoms with van der Waals surface area (Å²) in [6.07, 6.45) is 0. The molecule has 0 aliphatic rings. The van der Waals surface area contributed by atoms with Gasteiger partial charge in [0.2, 0.25) is 0 Å². The Labute approximate surface area is 123 Å². The van der Waals surface area contributed by atoms with Crippen molar-refractivity contribution < 1.29 is 0 Å². The molecule has 0 heterocycles. The monoisotopic (exact) mass is 278 g/mol. The average molecular weight is 278 g/mol. The third-order valence-electron chi connectivity index (χ3n) is 3.12. The highest BCUT2D eigenvalue weighted by Gasteiger charge is 2.10. The van der Waals surface area contributed by atoms with E-state index in [0.29, 0.717) is 0 Å². The number of benzene rings is 2. The fourth-order valence-electron chi connectivity index (χ4n) is 2.16. The Hall–Kier alpha value is -1.78. The molecule has 0 fully saturated rings. The van der Waals surface area contributed by atoms with E-state index in [1.54, 1.807) is 0 Å². The molecule has 0 atom stereocenters. The smallest absolute Gasteiger partial charge is 0.127 e. The van der Waals surface area contributed by atoms with E-state index in [9.17, 15) is 0 Å². The van der Waals surface area contributed by atoms with Crippen LogP contribution >= 0.6 is 0 Å². The quantitative estimate of drug-likeness (QED) is 0.476. The maximum Gasteiger partial charge on any atom is 0.129 e. The molecule has 2 rings (SSSR count). The second-order valence-corrected chi connectivity index (χ2v) is 11.2. The van der Waals surface area contributed by atoms with Crippen molar-refractivity contribution in [1.29, 1.82) is 0 Å². The fraction of sp³-hybridized carbons (Fsp3) is 0.263. The molecule has 0 amide bonds. The maximum absolute atomic E-state index is 3.50. The van der Waals surface area contributed by atoms with Crippen molar-refractivity contribution in [3.05, 3.63) is 53.6 Å².